The highest BCUT2D eigenvalue weighted by Crippen LogP contribution is 2.14. The fourth-order valence-corrected chi connectivity index (χ4v) is 3.52. The lowest BCUT2D eigenvalue weighted by molar-refractivity contribution is -0.759. The molecule has 0 saturated carbocycles. The first-order valence-electron chi connectivity index (χ1n) is 12.1. The van der Waals surface area contributed by atoms with Crippen LogP contribution in [0.25, 0.3) is 0 Å². The minimum absolute atomic E-state index is 0.344. The topological polar surface area (TPSA) is 17.1 Å². The maximum atomic E-state index is 12.3. The van der Waals surface area contributed by atoms with Crippen LogP contribution in [0.15, 0.2) is 12.3 Å². The van der Waals surface area contributed by atoms with Gasteiger partial charge >= 0.3 is 5.91 Å². The van der Waals surface area contributed by atoms with Crippen molar-refractivity contribution in [3.63, 3.8) is 0 Å². The van der Waals surface area contributed by atoms with Gasteiger partial charge in [-0.25, -0.2) is 9.28 Å². The summed E-state index contributed by atoms with van der Waals surface area (Å²) in [6.07, 6.45) is 27.7. The lowest BCUT2D eigenvalue weighted by atomic mass is 10.0. The quantitative estimate of drug-likeness (QED) is 0.163. The molecule has 2 heteroatoms. The van der Waals surface area contributed by atoms with Gasteiger partial charge in [-0.15, -0.1) is 0 Å². The van der Waals surface area contributed by atoms with Crippen molar-refractivity contribution in [1.29, 1.82) is 0 Å². The van der Waals surface area contributed by atoms with E-state index in [2.05, 4.69) is 26.1 Å². The first kappa shape index (κ1) is 26.4. The van der Waals surface area contributed by atoms with E-state index < -0.39 is 0 Å². The highest BCUT2D eigenvalue weighted by Gasteiger charge is 2.22. The molecule has 0 aliphatic heterocycles. The van der Waals surface area contributed by atoms with Crippen LogP contribution in [0.4, 0.5) is 0 Å². The summed E-state index contributed by atoms with van der Waals surface area (Å²) in [4.78, 5) is 12.3. The summed E-state index contributed by atoms with van der Waals surface area (Å²) in [6, 6.07) is 0. The van der Waals surface area contributed by atoms with Crippen molar-refractivity contribution in [2.24, 2.45) is 0 Å². The third kappa shape index (κ3) is 17.2. The fourth-order valence-electron chi connectivity index (χ4n) is 3.52. The molecular weight excluding hydrogens is 330 g/mol. The first-order valence-corrected chi connectivity index (χ1v) is 12.1. The van der Waals surface area contributed by atoms with E-state index in [0.717, 1.165) is 25.7 Å². The van der Waals surface area contributed by atoms with Gasteiger partial charge in [0.25, 0.3) is 0 Å². The maximum absolute atomic E-state index is 12.3. The number of rotatable bonds is 19. The van der Waals surface area contributed by atoms with Gasteiger partial charge in [0.1, 0.15) is 0 Å². The van der Waals surface area contributed by atoms with Crippen molar-refractivity contribution >= 4 is 5.91 Å². The van der Waals surface area contributed by atoms with Gasteiger partial charge in [-0.3, -0.25) is 0 Å². The van der Waals surface area contributed by atoms with Crippen LogP contribution in [0.1, 0.15) is 129 Å². The zero-order valence-corrected chi connectivity index (χ0v) is 19.2. The number of nitrogens with zero attached hydrogens (tertiary/aromatic N) is 1. The number of carbonyl (C=O) groups excluding carboxylic acids is 1. The van der Waals surface area contributed by atoms with Crippen LogP contribution in [-0.2, 0) is 4.79 Å². The molecule has 0 atom stereocenters. The molecule has 27 heavy (non-hydrogen) atoms. The summed E-state index contributed by atoms with van der Waals surface area (Å²) >= 11 is 0. The van der Waals surface area contributed by atoms with Crippen molar-refractivity contribution in [2.45, 2.75) is 129 Å². The molecule has 0 spiro atoms. The van der Waals surface area contributed by atoms with Crippen LogP contribution in [0, 0.1) is 0 Å². The minimum Gasteiger partial charge on any atom is -0.240 e. The molecule has 0 heterocycles. The molecule has 0 saturated heterocycles. The first-order chi connectivity index (χ1) is 13.0. The van der Waals surface area contributed by atoms with Gasteiger partial charge in [-0.05, 0) is 18.9 Å². The van der Waals surface area contributed by atoms with E-state index in [-0.39, 0.29) is 0 Å². The second-order valence-electron chi connectivity index (χ2n) is 8.81. The molecule has 0 aliphatic rings. The molecular formula is C25H50NO+. The fraction of sp³-hybridized carbons (Fsp3) is 0.880. The molecule has 2 nitrogen and oxygen atoms in total. The Morgan fingerprint density at radius 1 is 0.630 bits per heavy atom. The Morgan fingerprint density at radius 2 is 1.04 bits per heavy atom. The van der Waals surface area contributed by atoms with Crippen molar-refractivity contribution in [2.75, 3.05) is 14.1 Å². The number of quaternary nitrogens is 1. The number of allylic oxidation sites excluding steroid dienone is 1. The van der Waals surface area contributed by atoms with Crippen LogP contribution in [0.3, 0.4) is 0 Å². The number of amides is 1. The molecule has 0 N–H and O–H groups in total. The number of hydrogen-bond donors (Lipinski definition) is 0. The zero-order chi connectivity index (χ0) is 20.2. The van der Waals surface area contributed by atoms with Gasteiger partial charge in [-0.2, -0.15) is 0 Å². The number of unbranched alkanes of at least 4 members (excludes halogenated alkanes) is 15. The van der Waals surface area contributed by atoms with E-state index in [1.807, 2.05) is 14.1 Å². The third-order valence-corrected chi connectivity index (χ3v) is 5.57. The van der Waals surface area contributed by atoms with Gasteiger partial charge in [0, 0.05) is 0 Å². The van der Waals surface area contributed by atoms with Gasteiger partial charge in [0.05, 0.1) is 26.7 Å². The van der Waals surface area contributed by atoms with Crippen molar-refractivity contribution in [3.8, 4) is 0 Å². The Hall–Kier alpha value is -0.630. The van der Waals surface area contributed by atoms with E-state index in [1.165, 1.54) is 89.9 Å². The van der Waals surface area contributed by atoms with Crippen molar-refractivity contribution in [1.82, 2.24) is 0 Å². The molecule has 0 fully saturated rings. The van der Waals surface area contributed by atoms with Crippen LogP contribution in [-0.4, -0.2) is 24.5 Å². The molecule has 0 bridgehead atoms. The number of carbonyl (C=O) groups is 1. The second kappa shape index (κ2) is 18.7. The Balaban J connectivity index is 3.38. The van der Waals surface area contributed by atoms with E-state index >= 15 is 0 Å². The van der Waals surface area contributed by atoms with Crippen molar-refractivity contribution in [3.05, 3.63) is 12.3 Å². The zero-order valence-electron chi connectivity index (χ0n) is 19.2. The van der Waals surface area contributed by atoms with E-state index in [0.29, 0.717) is 10.4 Å². The molecule has 0 aromatic carbocycles. The smallest absolute Gasteiger partial charge is 0.240 e. The second-order valence-corrected chi connectivity index (χ2v) is 8.81. The molecule has 0 aromatic heterocycles. The Bertz CT molecular complexity index is 359. The molecule has 160 valence electrons. The van der Waals surface area contributed by atoms with E-state index in [1.54, 1.807) is 0 Å². The Labute approximate surface area is 171 Å². The van der Waals surface area contributed by atoms with Crippen LogP contribution in [0.5, 0.6) is 0 Å². The third-order valence-electron chi connectivity index (χ3n) is 5.57. The van der Waals surface area contributed by atoms with Gasteiger partial charge in [-0.1, -0.05) is 110 Å². The Morgan fingerprint density at radius 3 is 1.44 bits per heavy atom. The summed E-state index contributed by atoms with van der Waals surface area (Å²) < 4.78 is 0.401. The normalized spacial score (nSPS) is 12.1. The summed E-state index contributed by atoms with van der Waals surface area (Å²) in [6.45, 7) is 4.45. The molecule has 0 radical (unpaired) electrons. The molecule has 1 amide bonds. The summed E-state index contributed by atoms with van der Waals surface area (Å²) in [7, 11) is 4.00. The van der Waals surface area contributed by atoms with Crippen molar-refractivity contribution < 1.29 is 9.28 Å². The van der Waals surface area contributed by atoms with E-state index in [9.17, 15) is 4.79 Å². The highest BCUT2D eigenvalue weighted by molar-refractivity contribution is 5.69. The van der Waals surface area contributed by atoms with Crippen LogP contribution < -0.4 is 0 Å². The minimum atomic E-state index is 0.344. The molecule has 0 aliphatic carbocycles. The largest absolute Gasteiger partial charge is 0.317 e. The number of hydrogen-bond acceptors (Lipinski definition) is 1. The predicted octanol–water partition coefficient (Wildman–Crippen LogP) is 8.16. The molecule has 0 unspecified atom stereocenters. The molecule has 0 aromatic rings. The molecule has 0 rings (SSSR count). The lowest BCUT2D eigenvalue weighted by Gasteiger charge is -2.21. The lowest BCUT2D eigenvalue weighted by Crippen LogP contribution is -2.39. The summed E-state index contributed by atoms with van der Waals surface area (Å²) in [5, 5.41) is 0. The average molecular weight is 381 g/mol. The van der Waals surface area contributed by atoms with Gasteiger partial charge in [0.2, 0.25) is 0 Å². The highest BCUT2D eigenvalue weighted by atomic mass is 16.2. The van der Waals surface area contributed by atoms with Crippen LogP contribution >= 0.6 is 0 Å². The summed E-state index contributed by atoms with van der Waals surface area (Å²) in [5.74, 6) is 0.344. The van der Waals surface area contributed by atoms with Gasteiger partial charge in [0.15, 0.2) is 0 Å². The predicted molar refractivity (Wildman–Crippen MR) is 121 cm³/mol. The Kier molecular flexibility index (Phi) is 18.3. The average Bonchev–Trinajstić information content (AvgIpc) is 2.64. The standard InChI is InChI=1S/C25H50NO/c1-5-7-9-10-11-12-13-14-15-16-17-18-19-20-21-23-25(27)26(3,4)24-22-8-6-2/h22,24H,5-21,23H2,1-4H3/q+1. The SMILES string of the molecule is CCCC=C[N+](C)(C)C(=O)CCCCCCCCCCCCCCCCC. The van der Waals surface area contributed by atoms with E-state index in [4.69, 9.17) is 0 Å². The van der Waals surface area contributed by atoms with Crippen LogP contribution in [0.2, 0.25) is 0 Å². The summed E-state index contributed by atoms with van der Waals surface area (Å²) in [5.41, 5.74) is 0. The maximum Gasteiger partial charge on any atom is 0.317 e. The van der Waals surface area contributed by atoms with Gasteiger partial charge < -0.3 is 0 Å². The monoisotopic (exact) mass is 380 g/mol.